The van der Waals surface area contributed by atoms with Gasteiger partial charge in [-0.1, -0.05) is 31.2 Å². The SMILES string of the molecule is C[Si](C)(C)CCOCn1cc(-c2ccncc2)c2c(Cl)nc(Cl)nc21. The molecule has 0 aliphatic rings. The maximum Gasteiger partial charge on any atom is 0.225 e. The molecule has 3 aromatic rings. The molecule has 25 heavy (non-hydrogen) atoms. The molecule has 0 aliphatic carbocycles. The Balaban J connectivity index is 1.96. The minimum atomic E-state index is -1.12. The number of hydrogen-bond donors (Lipinski definition) is 0. The lowest BCUT2D eigenvalue weighted by atomic mass is 10.1. The van der Waals surface area contributed by atoms with Crippen LogP contribution < -0.4 is 0 Å². The number of aromatic nitrogens is 4. The summed E-state index contributed by atoms with van der Waals surface area (Å²) in [7, 11) is -1.12. The van der Waals surface area contributed by atoms with Gasteiger partial charge in [0.05, 0.1) is 5.39 Å². The molecule has 3 rings (SSSR count). The summed E-state index contributed by atoms with van der Waals surface area (Å²) in [5, 5.41) is 1.23. The van der Waals surface area contributed by atoms with Crippen molar-refractivity contribution in [3.05, 3.63) is 41.2 Å². The summed E-state index contributed by atoms with van der Waals surface area (Å²) in [6.07, 6.45) is 5.46. The molecular formula is C17H20Cl2N4OSi. The Labute approximate surface area is 158 Å². The van der Waals surface area contributed by atoms with Gasteiger partial charge < -0.3 is 9.30 Å². The van der Waals surface area contributed by atoms with Crippen molar-refractivity contribution < 1.29 is 4.74 Å². The Bertz CT molecular complexity index is 878. The molecule has 0 fully saturated rings. The maximum atomic E-state index is 6.35. The van der Waals surface area contributed by atoms with Crippen molar-refractivity contribution in [3.8, 4) is 11.1 Å². The molecule has 0 aromatic carbocycles. The van der Waals surface area contributed by atoms with Gasteiger partial charge in [-0.15, -0.1) is 0 Å². The first-order valence-electron chi connectivity index (χ1n) is 8.05. The predicted molar refractivity (Wildman–Crippen MR) is 105 cm³/mol. The number of pyridine rings is 1. The Morgan fingerprint density at radius 1 is 1.12 bits per heavy atom. The number of hydrogen-bond acceptors (Lipinski definition) is 4. The molecule has 3 aromatic heterocycles. The summed E-state index contributed by atoms with van der Waals surface area (Å²) in [5.41, 5.74) is 2.60. The topological polar surface area (TPSA) is 52.8 Å². The van der Waals surface area contributed by atoms with Crippen LogP contribution in [0.3, 0.4) is 0 Å². The van der Waals surface area contributed by atoms with Crippen LogP contribution in [0, 0.1) is 0 Å². The number of halogens is 2. The van der Waals surface area contributed by atoms with Crippen molar-refractivity contribution in [1.29, 1.82) is 0 Å². The molecule has 0 bridgehead atoms. The van der Waals surface area contributed by atoms with Crippen LogP contribution >= 0.6 is 23.2 Å². The summed E-state index contributed by atoms with van der Waals surface area (Å²) in [4.78, 5) is 12.5. The van der Waals surface area contributed by atoms with Crippen molar-refractivity contribution in [1.82, 2.24) is 19.5 Å². The normalized spacial score (nSPS) is 12.0. The Kier molecular flexibility index (Phi) is 5.43. The second-order valence-corrected chi connectivity index (χ2v) is 13.4. The molecule has 0 spiro atoms. The molecule has 5 nitrogen and oxygen atoms in total. The minimum Gasteiger partial charge on any atom is -0.361 e. The van der Waals surface area contributed by atoms with Gasteiger partial charge in [-0.05, 0) is 35.3 Å². The molecule has 0 saturated carbocycles. The summed E-state index contributed by atoms with van der Waals surface area (Å²) in [6.45, 7) is 8.11. The second-order valence-electron chi connectivity index (χ2n) is 7.08. The lowest BCUT2D eigenvalue weighted by Gasteiger charge is -2.15. The fraction of sp³-hybridized carbons (Fsp3) is 0.353. The summed E-state index contributed by atoms with van der Waals surface area (Å²) in [6, 6.07) is 4.96. The molecule has 0 N–H and O–H groups in total. The standard InChI is InChI=1S/C17H20Cl2N4OSi/c1-25(2,3)9-8-24-11-23-10-13(12-4-6-20-7-5-12)14-15(18)21-17(19)22-16(14)23/h4-7,10H,8-9,11H2,1-3H3. The van der Waals surface area contributed by atoms with Crippen LogP contribution in [0.5, 0.6) is 0 Å². The number of rotatable bonds is 6. The van der Waals surface area contributed by atoms with Crippen molar-refractivity contribution in [3.63, 3.8) is 0 Å². The average Bonchev–Trinajstić information content (AvgIpc) is 2.90. The molecule has 0 amide bonds. The third kappa shape index (κ3) is 4.38. The largest absolute Gasteiger partial charge is 0.361 e. The van der Waals surface area contributed by atoms with Crippen molar-refractivity contribution in [2.24, 2.45) is 0 Å². The lowest BCUT2D eigenvalue weighted by Crippen LogP contribution is -2.22. The van der Waals surface area contributed by atoms with Gasteiger partial charge in [0.25, 0.3) is 0 Å². The molecule has 8 heteroatoms. The fourth-order valence-corrected chi connectivity index (χ4v) is 3.74. The zero-order valence-electron chi connectivity index (χ0n) is 14.5. The molecule has 0 unspecified atom stereocenters. The summed E-state index contributed by atoms with van der Waals surface area (Å²) < 4.78 is 7.80. The van der Waals surface area contributed by atoms with Gasteiger partial charge in [0, 0.05) is 38.8 Å². The van der Waals surface area contributed by atoms with E-state index in [4.69, 9.17) is 27.9 Å². The first kappa shape index (κ1) is 18.3. The smallest absolute Gasteiger partial charge is 0.225 e. The molecule has 0 saturated heterocycles. The van der Waals surface area contributed by atoms with E-state index in [2.05, 4.69) is 34.6 Å². The number of fused-ring (bicyclic) bond motifs is 1. The van der Waals surface area contributed by atoms with Crippen molar-refractivity contribution in [2.45, 2.75) is 32.4 Å². The highest BCUT2D eigenvalue weighted by molar-refractivity contribution is 6.76. The molecule has 0 radical (unpaired) electrons. The van der Waals surface area contributed by atoms with Gasteiger partial charge in [-0.25, -0.2) is 4.98 Å². The third-order valence-corrected chi connectivity index (χ3v) is 6.01. The van der Waals surface area contributed by atoms with Crippen molar-refractivity contribution in [2.75, 3.05) is 6.61 Å². The van der Waals surface area contributed by atoms with Gasteiger partial charge in [0.15, 0.2) is 0 Å². The summed E-state index contributed by atoms with van der Waals surface area (Å²) >= 11 is 12.4. The van der Waals surface area contributed by atoms with E-state index in [1.807, 2.05) is 22.9 Å². The van der Waals surface area contributed by atoms with E-state index in [-0.39, 0.29) is 5.28 Å². The maximum absolute atomic E-state index is 6.35. The number of ether oxygens (including phenoxy) is 1. The summed E-state index contributed by atoms with van der Waals surface area (Å²) in [5.74, 6) is 0. The Morgan fingerprint density at radius 3 is 2.52 bits per heavy atom. The van der Waals surface area contributed by atoms with E-state index in [0.717, 1.165) is 29.2 Å². The monoisotopic (exact) mass is 394 g/mol. The van der Waals surface area contributed by atoms with E-state index in [1.165, 1.54) is 0 Å². The first-order valence-corrected chi connectivity index (χ1v) is 12.5. The van der Waals surface area contributed by atoms with Crippen LogP contribution in [0.4, 0.5) is 0 Å². The van der Waals surface area contributed by atoms with E-state index in [1.54, 1.807) is 12.4 Å². The number of nitrogens with zero attached hydrogens (tertiary/aromatic N) is 4. The van der Waals surface area contributed by atoms with Crippen LogP contribution in [0.15, 0.2) is 30.7 Å². The van der Waals surface area contributed by atoms with Crippen LogP contribution in [0.25, 0.3) is 22.2 Å². The van der Waals surface area contributed by atoms with Crippen molar-refractivity contribution >= 4 is 42.3 Å². The van der Waals surface area contributed by atoms with Crippen LogP contribution in [-0.2, 0) is 11.5 Å². The lowest BCUT2D eigenvalue weighted by molar-refractivity contribution is 0.0899. The minimum absolute atomic E-state index is 0.125. The zero-order valence-corrected chi connectivity index (χ0v) is 17.0. The van der Waals surface area contributed by atoms with Gasteiger partial charge in [0.2, 0.25) is 5.28 Å². The first-order chi connectivity index (χ1) is 11.8. The third-order valence-electron chi connectivity index (χ3n) is 3.86. The van der Waals surface area contributed by atoms with Gasteiger partial charge in [-0.3, -0.25) is 4.98 Å². The van der Waals surface area contributed by atoms with Gasteiger partial charge in [-0.2, -0.15) is 4.98 Å². The van der Waals surface area contributed by atoms with E-state index < -0.39 is 8.07 Å². The zero-order chi connectivity index (χ0) is 18.0. The second kappa shape index (κ2) is 7.41. The molecule has 0 atom stereocenters. The fourth-order valence-electron chi connectivity index (χ4n) is 2.51. The Hall–Kier alpha value is -1.47. The molecular weight excluding hydrogens is 375 g/mol. The highest BCUT2D eigenvalue weighted by atomic mass is 35.5. The van der Waals surface area contributed by atoms with E-state index in [9.17, 15) is 0 Å². The molecule has 0 aliphatic heterocycles. The molecule has 3 heterocycles. The van der Waals surface area contributed by atoms with Gasteiger partial charge in [0.1, 0.15) is 17.5 Å². The van der Waals surface area contributed by atoms with Crippen LogP contribution in [0.2, 0.25) is 36.1 Å². The Morgan fingerprint density at radius 2 is 1.84 bits per heavy atom. The average molecular weight is 395 g/mol. The highest BCUT2D eigenvalue weighted by Crippen LogP contribution is 2.34. The van der Waals surface area contributed by atoms with Crippen LogP contribution in [0.1, 0.15) is 0 Å². The highest BCUT2D eigenvalue weighted by Gasteiger charge is 2.17. The van der Waals surface area contributed by atoms with Crippen LogP contribution in [-0.4, -0.2) is 34.2 Å². The van der Waals surface area contributed by atoms with Gasteiger partial charge >= 0.3 is 0 Å². The van der Waals surface area contributed by atoms with E-state index >= 15 is 0 Å². The quantitative estimate of drug-likeness (QED) is 0.252. The van der Waals surface area contributed by atoms with E-state index in [0.29, 0.717) is 17.5 Å². The predicted octanol–water partition coefficient (Wildman–Crippen LogP) is 5.11. The molecule has 132 valence electrons.